The summed E-state index contributed by atoms with van der Waals surface area (Å²) in [6.45, 7) is 2.50. The lowest BCUT2D eigenvalue weighted by atomic mass is 10.4. The fraction of sp³-hybridized carbons (Fsp3) is 0.143. The average molecular weight is 444 g/mol. The minimum atomic E-state index is 0.777. The summed E-state index contributed by atoms with van der Waals surface area (Å²) in [4.78, 5) is 0. The van der Waals surface area contributed by atoms with Gasteiger partial charge in [0.1, 0.15) is 0 Å². The summed E-state index contributed by atoms with van der Waals surface area (Å²) in [5, 5.41) is 8.81. The topological polar surface area (TPSA) is 12.0 Å². The van der Waals surface area contributed by atoms with Crippen LogP contribution in [0, 0.1) is 0 Å². The van der Waals surface area contributed by atoms with Crippen LogP contribution in [-0.2, 0) is 0 Å². The van der Waals surface area contributed by atoms with Crippen LogP contribution < -0.4 is 26.5 Å². The predicted octanol–water partition coefficient (Wildman–Crippen LogP) is 5.00. The number of rotatable bonds is 4. The van der Waals surface area contributed by atoms with E-state index >= 15 is 0 Å². The molecule has 0 aromatic heterocycles. The van der Waals surface area contributed by atoms with Crippen molar-refractivity contribution in [3.63, 3.8) is 0 Å². The molecule has 0 unspecified atom stereocenters. The van der Waals surface area contributed by atoms with E-state index in [1.54, 1.807) is 0 Å². The molecule has 3 heteroatoms. The normalized spacial score (nSPS) is 12.1. The maximum Gasteiger partial charge on any atom is -0.00484 e. The van der Waals surface area contributed by atoms with Crippen molar-refractivity contribution < 1.29 is 0 Å². The van der Waals surface area contributed by atoms with Gasteiger partial charge in [-0.3, -0.25) is 0 Å². The first-order chi connectivity index (χ1) is 15.4. The standard InChI is InChI=1S/2C12H11P.C4H9N/c2*1-3-7-11(8-4-1)13-12-9-5-2-6-10-12;1-2-4-5-3-1/h2*1-10,13H;5H,1-4H2. The first-order valence-corrected chi connectivity index (χ1v) is 12.8. The minimum absolute atomic E-state index is 0.777. The molecule has 0 aliphatic carbocycles. The van der Waals surface area contributed by atoms with Gasteiger partial charge in [0, 0.05) is 0 Å². The molecule has 5 rings (SSSR count). The van der Waals surface area contributed by atoms with E-state index < -0.39 is 0 Å². The van der Waals surface area contributed by atoms with Gasteiger partial charge in [0.25, 0.3) is 0 Å². The van der Waals surface area contributed by atoms with Gasteiger partial charge >= 0.3 is 0 Å². The molecular weight excluding hydrogens is 412 g/mol. The Hall–Kier alpha value is -2.30. The quantitative estimate of drug-likeness (QED) is 0.438. The molecule has 0 bridgehead atoms. The zero-order valence-electron chi connectivity index (χ0n) is 17.9. The second-order valence-electron chi connectivity index (χ2n) is 7.17. The van der Waals surface area contributed by atoms with Gasteiger partial charge in [-0.05, 0) is 47.1 Å². The third kappa shape index (κ3) is 10.0. The summed E-state index contributed by atoms with van der Waals surface area (Å²) in [6.07, 6.45) is 2.78. The first kappa shape index (κ1) is 23.4. The van der Waals surface area contributed by atoms with E-state index in [-0.39, 0.29) is 0 Å². The Morgan fingerprint density at radius 2 is 0.645 bits per heavy atom. The molecule has 0 radical (unpaired) electrons. The Labute approximate surface area is 190 Å². The van der Waals surface area contributed by atoms with Crippen LogP contribution in [0.3, 0.4) is 0 Å². The van der Waals surface area contributed by atoms with E-state index in [1.165, 1.54) is 47.1 Å². The van der Waals surface area contributed by atoms with Crippen LogP contribution in [0.15, 0.2) is 121 Å². The van der Waals surface area contributed by atoms with Gasteiger partial charge in [0.15, 0.2) is 0 Å². The summed E-state index contributed by atoms with van der Waals surface area (Å²) >= 11 is 0. The van der Waals surface area contributed by atoms with Crippen molar-refractivity contribution in [3.05, 3.63) is 121 Å². The molecule has 1 fully saturated rings. The molecule has 31 heavy (non-hydrogen) atoms. The largest absolute Gasteiger partial charge is 0.317 e. The van der Waals surface area contributed by atoms with Gasteiger partial charge in [-0.2, -0.15) is 0 Å². The fourth-order valence-electron chi connectivity index (χ4n) is 3.04. The highest BCUT2D eigenvalue weighted by Gasteiger charge is 1.94. The number of hydrogen-bond acceptors (Lipinski definition) is 1. The van der Waals surface area contributed by atoms with E-state index in [4.69, 9.17) is 0 Å². The van der Waals surface area contributed by atoms with Crippen molar-refractivity contribution in [2.24, 2.45) is 0 Å². The number of nitrogens with one attached hydrogen (secondary N) is 1. The Morgan fingerprint density at radius 3 is 0.839 bits per heavy atom. The van der Waals surface area contributed by atoms with Crippen molar-refractivity contribution >= 4 is 38.4 Å². The molecule has 1 saturated heterocycles. The summed E-state index contributed by atoms with van der Waals surface area (Å²) in [5.74, 6) is 0. The minimum Gasteiger partial charge on any atom is -0.317 e. The fourth-order valence-corrected chi connectivity index (χ4v) is 5.15. The lowest BCUT2D eigenvalue weighted by molar-refractivity contribution is 0.857. The smallest absolute Gasteiger partial charge is 0.00484 e. The van der Waals surface area contributed by atoms with Crippen molar-refractivity contribution in [3.8, 4) is 0 Å². The Balaban J connectivity index is 0.000000144. The molecule has 158 valence electrons. The molecule has 0 atom stereocenters. The summed E-state index contributed by atoms with van der Waals surface area (Å²) in [6, 6.07) is 42.3. The third-order valence-corrected chi connectivity index (χ3v) is 7.12. The molecule has 1 N–H and O–H groups in total. The predicted molar refractivity (Wildman–Crippen MR) is 143 cm³/mol. The van der Waals surface area contributed by atoms with Crippen LogP contribution in [0.4, 0.5) is 0 Å². The molecular formula is C28H31NP2. The zero-order chi connectivity index (χ0) is 21.4. The maximum absolute atomic E-state index is 3.22. The first-order valence-electron chi connectivity index (χ1n) is 10.8. The highest BCUT2D eigenvalue weighted by Crippen LogP contribution is 2.09. The highest BCUT2D eigenvalue weighted by molar-refractivity contribution is 7.55. The van der Waals surface area contributed by atoms with E-state index in [0.717, 1.165) is 17.2 Å². The van der Waals surface area contributed by atoms with E-state index in [1.807, 2.05) is 0 Å². The molecule has 0 spiro atoms. The van der Waals surface area contributed by atoms with Crippen LogP contribution >= 0.6 is 17.2 Å². The monoisotopic (exact) mass is 443 g/mol. The summed E-state index contributed by atoms with van der Waals surface area (Å²) in [7, 11) is 1.55. The molecule has 1 aliphatic heterocycles. The van der Waals surface area contributed by atoms with E-state index in [2.05, 4.69) is 127 Å². The molecule has 4 aromatic carbocycles. The lowest BCUT2D eigenvalue weighted by Crippen LogP contribution is -2.03. The van der Waals surface area contributed by atoms with Gasteiger partial charge in [0.2, 0.25) is 0 Å². The second kappa shape index (κ2) is 14.7. The zero-order valence-corrected chi connectivity index (χ0v) is 19.9. The number of benzene rings is 4. The van der Waals surface area contributed by atoms with Gasteiger partial charge < -0.3 is 5.32 Å². The SMILES string of the molecule is C1CCNC1.c1ccc(Pc2ccccc2)cc1.c1ccc(Pc2ccccc2)cc1. The highest BCUT2D eigenvalue weighted by atomic mass is 31.1. The Bertz CT molecular complexity index is 782. The molecule has 1 nitrogen and oxygen atoms in total. The van der Waals surface area contributed by atoms with E-state index in [9.17, 15) is 0 Å². The van der Waals surface area contributed by atoms with E-state index in [0.29, 0.717) is 0 Å². The van der Waals surface area contributed by atoms with Crippen molar-refractivity contribution in [2.45, 2.75) is 12.8 Å². The molecule has 1 heterocycles. The van der Waals surface area contributed by atoms with Crippen molar-refractivity contribution in [1.82, 2.24) is 5.32 Å². The van der Waals surface area contributed by atoms with Crippen LogP contribution in [0.25, 0.3) is 0 Å². The van der Waals surface area contributed by atoms with Gasteiger partial charge in [-0.25, -0.2) is 0 Å². The van der Waals surface area contributed by atoms with Crippen LogP contribution in [-0.4, -0.2) is 13.1 Å². The molecule has 0 amide bonds. The summed E-state index contributed by atoms with van der Waals surface area (Å²) < 4.78 is 0. The Kier molecular flexibility index (Phi) is 11.1. The van der Waals surface area contributed by atoms with Crippen LogP contribution in [0.1, 0.15) is 12.8 Å². The van der Waals surface area contributed by atoms with Crippen molar-refractivity contribution in [2.75, 3.05) is 13.1 Å². The lowest BCUT2D eigenvalue weighted by Gasteiger charge is -2.00. The summed E-state index contributed by atoms with van der Waals surface area (Å²) in [5.41, 5.74) is 0. The molecule has 1 aliphatic rings. The molecule has 4 aromatic rings. The Morgan fingerprint density at radius 1 is 0.387 bits per heavy atom. The van der Waals surface area contributed by atoms with Crippen LogP contribution in [0.5, 0.6) is 0 Å². The third-order valence-electron chi connectivity index (χ3n) is 4.63. The maximum atomic E-state index is 3.22. The average Bonchev–Trinajstić information content (AvgIpc) is 3.43. The van der Waals surface area contributed by atoms with Gasteiger partial charge in [0.05, 0.1) is 0 Å². The molecule has 0 saturated carbocycles. The van der Waals surface area contributed by atoms with Gasteiger partial charge in [-0.1, -0.05) is 138 Å². The number of hydrogen-bond donors (Lipinski definition) is 1. The second-order valence-corrected chi connectivity index (χ2v) is 9.98. The van der Waals surface area contributed by atoms with Crippen LogP contribution in [0.2, 0.25) is 0 Å². The van der Waals surface area contributed by atoms with Crippen molar-refractivity contribution in [1.29, 1.82) is 0 Å². The van der Waals surface area contributed by atoms with Gasteiger partial charge in [-0.15, -0.1) is 0 Å².